The van der Waals surface area contributed by atoms with Gasteiger partial charge in [-0.3, -0.25) is 0 Å². The Bertz CT molecular complexity index is 427. The lowest BCUT2D eigenvalue weighted by Crippen LogP contribution is -2.27. The molecule has 0 saturated carbocycles. The lowest BCUT2D eigenvalue weighted by molar-refractivity contribution is -0.0452. The van der Waals surface area contributed by atoms with Crippen LogP contribution in [0.1, 0.15) is 11.9 Å². The summed E-state index contributed by atoms with van der Waals surface area (Å²) in [6.07, 6.45) is 0.588. The zero-order valence-corrected chi connectivity index (χ0v) is 9.93. The number of ether oxygens (including phenoxy) is 3. The van der Waals surface area contributed by atoms with Crippen molar-refractivity contribution in [3.8, 4) is 5.75 Å². The molecule has 1 aliphatic heterocycles. The van der Waals surface area contributed by atoms with Gasteiger partial charge >= 0.3 is 6.09 Å². The van der Waals surface area contributed by atoms with Gasteiger partial charge in [0.1, 0.15) is 5.75 Å². The third-order valence-corrected chi connectivity index (χ3v) is 2.39. The second-order valence-corrected chi connectivity index (χ2v) is 3.67. The van der Waals surface area contributed by atoms with E-state index in [0.717, 1.165) is 0 Å². The Balaban J connectivity index is 2.07. The molecule has 1 aromatic rings. The number of hydrogen-bond acceptors (Lipinski definition) is 4. The Kier molecular flexibility index (Phi) is 4.33. The summed E-state index contributed by atoms with van der Waals surface area (Å²) in [5, 5.41) is 2.54. The average Bonchev–Trinajstić information content (AvgIpc) is 2.91. The molecule has 5 nitrogen and oxygen atoms in total. The van der Waals surface area contributed by atoms with E-state index in [1.54, 1.807) is 18.2 Å². The standard InChI is InChI=1S/C13H15NO4/c1-2-7-14-13(15)18-11-6-4-3-5-10(11)12-16-8-9-17-12/h2-6,12H,1,7-9H2,(H,14,15). The highest BCUT2D eigenvalue weighted by Crippen LogP contribution is 2.30. The summed E-state index contributed by atoms with van der Waals surface area (Å²) in [7, 11) is 0. The Morgan fingerprint density at radius 2 is 2.17 bits per heavy atom. The van der Waals surface area contributed by atoms with Gasteiger partial charge in [0.2, 0.25) is 0 Å². The fraction of sp³-hybridized carbons (Fsp3) is 0.308. The highest BCUT2D eigenvalue weighted by Gasteiger charge is 2.22. The van der Waals surface area contributed by atoms with Crippen LogP contribution in [0.2, 0.25) is 0 Å². The van der Waals surface area contributed by atoms with Crippen molar-refractivity contribution in [2.75, 3.05) is 19.8 Å². The molecular formula is C13H15NO4. The highest BCUT2D eigenvalue weighted by atomic mass is 16.7. The van der Waals surface area contributed by atoms with Crippen molar-refractivity contribution >= 4 is 6.09 Å². The minimum absolute atomic E-state index is 0.359. The Morgan fingerprint density at radius 1 is 1.44 bits per heavy atom. The maximum atomic E-state index is 11.5. The minimum atomic E-state index is -0.527. The van der Waals surface area contributed by atoms with Crippen LogP contribution in [0.15, 0.2) is 36.9 Å². The third-order valence-electron chi connectivity index (χ3n) is 2.39. The average molecular weight is 249 g/mol. The van der Waals surface area contributed by atoms with Crippen LogP contribution in [-0.2, 0) is 9.47 Å². The first-order valence-electron chi connectivity index (χ1n) is 5.70. The van der Waals surface area contributed by atoms with Gasteiger partial charge in [-0.2, -0.15) is 0 Å². The Labute approximate surface area is 105 Å². The number of para-hydroxylation sites is 1. The van der Waals surface area contributed by atoms with Gasteiger partial charge in [0, 0.05) is 6.54 Å². The number of nitrogens with one attached hydrogen (secondary N) is 1. The fourth-order valence-electron chi connectivity index (χ4n) is 1.60. The van der Waals surface area contributed by atoms with E-state index in [2.05, 4.69) is 11.9 Å². The molecule has 18 heavy (non-hydrogen) atoms. The SMILES string of the molecule is C=CCNC(=O)Oc1ccccc1C1OCCO1. The van der Waals surface area contributed by atoms with Crippen molar-refractivity contribution in [2.24, 2.45) is 0 Å². The third kappa shape index (κ3) is 3.09. The van der Waals surface area contributed by atoms with Crippen molar-refractivity contribution in [3.63, 3.8) is 0 Å². The van der Waals surface area contributed by atoms with Gasteiger partial charge in [0.15, 0.2) is 6.29 Å². The maximum absolute atomic E-state index is 11.5. The molecule has 0 atom stereocenters. The summed E-state index contributed by atoms with van der Waals surface area (Å²) in [5.74, 6) is 0.436. The van der Waals surface area contributed by atoms with Gasteiger partial charge in [0.25, 0.3) is 0 Å². The van der Waals surface area contributed by atoms with Crippen molar-refractivity contribution in [2.45, 2.75) is 6.29 Å². The number of hydrogen-bond donors (Lipinski definition) is 1. The highest BCUT2D eigenvalue weighted by molar-refractivity contribution is 5.71. The van der Waals surface area contributed by atoms with Crippen LogP contribution in [0.4, 0.5) is 4.79 Å². The van der Waals surface area contributed by atoms with E-state index in [4.69, 9.17) is 14.2 Å². The van der Waals surface area contributed by atoms with Gasteiger partial charge < -0.3 is 19.5 Å². The predicted molar refractivity (Wildman–Crippen MR) is 65.3 cm³/mol. The first-order valence-corrected chi connectivity index (χ1v) is 5.70. The number of carbonyl (C=O) groups is 1. The van der Waals surface area contributed by atoms with Crippen molar-refractivity contribution in [1.29, 1.82) is 0 Å². The van der Waals surface area contributed by atoms with E-state index in [1.165, 1.54) is 0 Å². The summed E-state index contributed by atoms with van der Waals surface area (Å²) >= 11 is 0. The van der Waals surface area contributed by atoms with Crippen molar-refractivity contribution in [1.82, 2.24) is 5.32 Å². The smallest absolute Gasteiger partial charge is 0.410 e. The topological polar surface area (TPSA) is 56.8 Å². The molecule has 0 spiro atoms. The number of amides is 1. The molecule has 1 amide bonds. The Hall–Kier alpha value is -1.85. The van der Waals surface area contributed by atoms with Gasteiger partial charge in [-0.25, -0.2) is 4.79 Å². The predicted octanol–water partition coefficient (Wildman–Crippen LogP) is 2.01. The zero-order valence-electron chi connectivity index (χ0n) is 9.93. The molecule has 1 aromatic carbocycles. The van der Waals surface area contributed by atoms with Crippen LogP contribution in [0.5, 0.6) is 5.75 Å². The van der Waals surface area contributed by atoms with Crippen molar-refractivity contribution in [3.05, 3.63) is 42.5 Å². The van der Waals surface area contributed by atoms with E-state index in [1.807, 2.05) is 12.1 Å². The molecule has 1 heterocycles. The monoisotopic (exact) mass is 249 g/mol. The second kappa shape index (κ2) is 6.18. The number of rotatable bonds is 4. The largest absolute Gasteiger partial charge is 0.412 e. The molecule has 2 rings (SSSR count). The van der Waals surface area contributed by atoms with Crippen LogP contribution < -0.4 is 10.1 Å². The quantitative estimate of drug-likeness (QED) is 0.829. The molecule has 1 saturated heterocycles. The van der Waals surface area contributed by atoms with E-state index in [9.17, 15) is 4.79 Å². The molecule has 0 aromatic heterocycles. The molecule has 0 unspecified atom stereocenters. The molecule has 0 bridgehead atoms. The van der Waals surface area contributed by atoms with Gasteiger partial charge in [-0.05, 0) is 6.07 Å². The van der Waals surface area contributed by atoms with Crippen LogP contribution in [-0.4, -0.2) is 25.9 Å². The first-order chi connectivity index (χ1) is 8.81. The van der Waals surface area contributed by atoms with Crippen LogP contribution in [0, 0.1) is 0 Å². The molecule has 0 radical (unpaired) electrons. The minimum Gasteiger partial charge on any atom is -0.410 e. The molecular weight excluding hydrogens is 234 g/mol. The molecule has 1 aliphatic rings. The van der Waals surface area contributed by atoms with Crippen LogP contribution >= 0.6 is 0 Å². The summed E-state index contributed by atoms with van der Waals surface area (Å²) in [5.41, 5.74) is 0.712. The van der Waals surface area contributed by atoms with Gasteiger partial charge in [-0.1, -0.05) is 24.3 Å². The van der Waals surface area contributed by atoms with E-state index < -0.39 is 12.4 Å². The second-order valence-electron chi connectivity index (χ2n) is 3.67. The molecule has 96 valence electrons. The molecule has 1 fully saturated rings. The van der Waals surface area contributed by atoms with Crippen LogP contribution in [0.25, 0.3) is 0 Å². The first kappa shape index (κ1) is 12.6. The summed E-state index contributed by atoms with van der Waals surface area (Å²) < 4.78 is 16.0. The molecule has 0 aliphatic carbocycles. The van der Waals surface area contributed by atoms with E-state index in [0.29, 0.717) is 31.1 Å². The molecule has 1 N–H and O–H groups in total. The van der Waals surface area contributed by atoms with Crippen LogP contribution in [0.3, 0.4) is 0 Å². The van der Waals surface area contributed by atoms with E-state index in [-0.39, 0.29) is 0 Å². The number of carbonyl (C=O) groups excluding carboxylic acids is 1. The summed E-state index contributed by atoms with van der Waals surface area (Å²) in [6.45, 7) is 4.96. The van der Waals surface area contributed by atoms with Gasteiger partial charge in [0.05, 0.1) is 18.8 Å². The lowest BCUT2D eigenvalue weighted by Gasteiger charge is -2.14. The summed E-state index contributed by atoms with van der Waals surface area (Å²) in [4.78, 5) is 11.5. The summed E-state index contributed by atoms with van der Waals surface area (Å²) in [6, 6.07) is 7.14. The maximum Gasteiger partial charge on any atom is 0.412 e. The fourth-order valence-corrected chi connectivity index (χ4v) is 1.60. The van der Waals surface area contributed by atoms with E-state index >= 15 is 0 Å². The molecule has 5 heteroatoms. The number of benzene rings is 1. The normalized spacial score (nSPS) is 15.3. The zero-order chi connectivity index (χ0) is 12.8. The van der Waals surface area contributed by atoms with Crippen molar-refractivity contribution < 1.29 is 19.0 Å². The van der Waals surface area contributed by atoms with Gasteiger partial charge in [-0.15, -0.1) is 6.58 Å². The Morgan fingerprint density at radius 3 is 2.89 bits per heavy atom. The lowest BCUT2D eigenvalue weighted by atomic mass is 10.2.